The number of carbonyl (C=O) groups is 1. The standard InChI is InChI=1S/C25H24FN5O/c1-30(2)11-5-8-24(32)29-20-7-4-6-17(12-20)19-13-21-22(16-31(3)25(21)28-15-19)18-9-10-27-23(26)14-18/h4-10,12-16H,11H2,1-3H3,(H,29,32)/b8-5+. The van der Waals surface area contributed by atoms with Crippen molar-refractivity contribution in [3.05, 3.63) is 79.2 Å². The second-order valence-electron chi connectivity index (χ2n) is 7.85. The first-order valence-electron chi connectivity index (χ1n) is 10.2. The number of anilines is 1. The van der Waals surface area contributed by atoms with E-state index in [2.05, 4.69) is 15.3 Å². The second kappa shape index (κ2) is 9.11. The van der Waals surface area contributed by atoms with Gasteiger partial charge in [0.1, 0.15) is 5.65 Å². The highest BCUT2D eigenvalue weighted by molar-refractivity contribution is 6.00. The highest BCUT2D eigenvalue weighted by Crippen LogP contribution is 2.32. The summed E-state index contributed by atoms with van der Waals surface area (Å²) in [6, 6.07) is 12.9. The van der Waals surface area contributed by atoms with Crippen LogP contribution in [-0.4, -0.2) is 46.0 Å². The van der Waals surface area contributed by atoms with Crippen LogP contribution in [0.3, 0.4) is 0 Å². The zero-order valence-corrected chi connectivity index (χ0v) is 18.2. The number of nitrogens with zero attached hydrogens (tertiary/aromatic N) is 4. The van der Waals surface area contributed by atoms with Gasteiger partial charge in [0.2, 0.25) is 11.9 Å². The fourth-order valence-electron chi connectivity index (χ4n) is 3.55. The van der Waals surface area contributed by atoms with E-state index in [1.165, 1.54) is 18.3 Å². The molecule has 0 saturated carbocycles. The molecular weight excluding hydrogens is 405 g/mol. The molecule has 0 bridgehead atoms. The Labute approximate surface area is 186 Å². The second-order valence-corrected chi connectivity index (χ2v) is 7.85. The summed E-state index contributed by atoms with van der Waals surface area (Å²) in [5.74, 6) is -0.700. The minimum absolute atomic E-state index is 0.178. The molecule has 6 nitrogen and oxygen atoms in total. The predicted octanol–water partition coefficient (Wildman–Crippen LogP) is 4.50. The van der Waals surface area contributed by atoms with Crippen LogP contribution < -0.4 is 5.32 Å². The van der Waals surface area contributed by atoms with Crippen LogP contribution in [0.25, 0.3) is 33.3 Å². The molecular formula is C25H24FN5O. The van der Waals surface area contributed by atoms with E-state index < -0.39 is 5.95 Å². The molecule has 0 saturated heterocycles. The summed E-state index contributed by atoms with van der Waals surface area (Å²) in [7, 11) is 5.80. The number of pyridine rings is 2. The number of fused-ring (bicyclic) bond motifs is 1. The molecule has 0 fully saturated rings. The third kappa shape index (κ3) is 4.73. The Kier molecular flexibility index (Phi) is 6.09. The van der Waals surface area contributed by atoms with E-state index in [0.717, 1.165) is 33.3 Å². The Bertz CT molecular complexity index is 1310. The Morgan fingerprint density at radius 1 is 1.12 bits per heavy atom. The average molecular weight is 429 g/mol. The average Bonchev–Trinajstić information content (AvgIpc) is 3.09. The molecule has 0 aliphatic heterocycles. The van der Waals surface area contributed by atoms with Gasteiger partial charge in [0.25, 0.3) is 0 Å². The molecule has 7 heteroatoms. The molecule has 4 aromatic rings. The van der Waals surface area contributed by atoms with Gasteiger partial charge >= 0.3 is 0 Å². The highest BCUT2D eigenvalue weighted by Gasteiger charge is 2.12. The topological polar surface area (TPSA) is 63.1 Å². The Balaban J connectivity index is 1.66. The largest absolute Gasteiger partial charge is 0.335 e. The lowest BCUT2D eigenvalue weighted by atomic mass is 10.0. The lowest BCUT2D eigenvalue weighted by Gasteiger charge is -2.08. The van der Waals surface area contributed by atoms with Crippen molar-refractivity contribution in [2.75, 3.05) is 26.0 Å². The van der Waals surface area contributed by atoms with Gasteiger partial charge < -0.3 is 14.8 Å². The maximum absolute atomic E-state index is 13.7. The number of carbonyl (C=O) groups excluding carboxylic acids is 1. The summed E-state index contributed by atoms with van der Waals surface area (Å²) in [6.07, 6.45) is 8.55. The highest BCUT2D eigenvalue weighted by atomic mass is 19.1. The van der Waals surface area contributed by atoms with Crippen molar-refractivity contribution in [3.63, 3.8) is 0 Å². The van der Waals surface area contributed by atoms with Crippen LogP contribution in [0.15, 0.2) is 73.2 Å². The summed E-state index contributed by atoms with van der Waals surface area (Å²) in [5.41, 5.74) is 4.95. The molecule has 4 rings (SSSR count). The first kappa shape index (κ1) is 21.4. The Morgan fingerprint density at radius 2 is 1.97 bits per heavy atom. The van der Waals surface area contributed by atoms with Crippen LogP contribution in [0.5, 0.6) is 0 Å². The molecule has 1 N–H and O–H groups in total. The van der Waals surface area contributed by atoms with E-state index in [4.69, 9.17) is 0 Å². The van der Waals surface area contributed by atoms with Crippen molar-refractivity contribution in [2.45, 2.75) is 0 Å². The zero-order valence-electron chi connectivity index (χ0n) is 18.2. The monoisotopic (exact) mass is 429 g/mol. The number of amides is 1. The first-order valence-corrected chi connectivity index (χ1v) is 10.2. The summed E-state index contributed by atoms with van der Waals surface area (Å²) < 4.78 is 15.6. The molecule has 3 heterocycles. The number of aryl methyl sites for hydroxylation is 1. The lowest BCUT2D eigenvalue weighted by molar-refractivity contribution is -0.111. The maximum atomic E-state index is 13.7. The molecule has 32 heavy (non-hydrogen) atoms. The van der Waals surface area contributed by atoms with Crippen molar-refractivity contribution in [3.8, 4) is 22.3 Å². The van der Waals surface area contributed by atoms with Gasteiger partial charge in [0, 0.05) is 66.5 Å². The van der Waals surface area contributed by atoms with Crippen LogP contribution in [0.2, 0.25) is 0 Å². The molecule has 0 aliphatic rings. The number of hydrogen-bond acceptors (Lipinski definition) is 4. The van der Waals surface area contributed by atoms with Gasteiger partial charge in [-0.25, -0.2) is 9.97 Å². The van der Waals surface area contributed by atoms with Crippen LogP contribution in [0.4, 0.5) is 10.1 Å². The summed E-state index contributed by atoms with van der Waals surface area (Å²) in [5, 5.41) is 3.81. The van der Waals surface area contributed by atoms with Gasteiger partial charge in [0.15, 0.2) is 0 Å². The van der Waals surface area contributed by atoms with Gasteiger partial charge in [-0.1, -0.05) is 18.2 Å². The normalized spacial score (nSPS) is 11.5. The van der Waals surface area contributed by atoms with E-state index in [1.54, 1.807) is 12.3 Å². The van der Waals surface area contributed by atoms with Crippen molar-refractivity contribution < 1.29 is 9.18 Å². The molecule has 3 aromatic heterocycles. The van der Waals surface area contributed by atoms with Crippen LogP contribution in [0.1, 0.15) is 0 Å². The zero-order chi connectivity index (χ0) is 22.7. The SMILES string of the molecule is CN(C)C/C=C/C(=O)Nc1cccc(-c2cnc3c(c2)c(-c2ccnc(F)c2)cn3C)c1. The van der Waals surface area contributed by atoms with E-state index in [0.29, 0.717) is 12.2 Å². The molecule has 1 aromatic carbocycles. The summed E-state index contributed by atoms with van der Waals surface area (Å²) >= 11 is 0. The fraction of sp³-hybridized carbons (Fsp3) is 0.160. The number of nitrogens with one attached hydrogen (secondary N) is 1. The minimum Gasteiger partial charge on any atom is -0.335 e. The quantitative estimate of drug-likeness (QED) is 0.362. The van der Waals surface area contributed by atoms with Crippen molar-refractivity contribution in [1.82, 2.24) is 19.4 Å². The molecule has 0 aliphatic carbocycles. The van der Waals surface area contributed by atoms with Gasteiger partial charge in [-0.05, 0) is 49.5 Å². The van der Waals surface area contributed by atoms with E-state index in [1.807, 2.05) is 73.2 Å². The number of halogens is 1. The lowest BCUT2D eigenvalue weighted by Crippen LogP contribution is -2.12. The minimum atomic E-state index is -0.522. The predicted molar refractivity (Wildman–Crippen MR) is 126 cm³/mol. The molecule has 0 atom stereocenters. The third-order valence-corrected chi connectivity index (χ3v) is 5.05. The van der Waals surface area contributed by atoms with Crippen LogP contribution >= 0.6 is 0 Å². The summed E-state index contributed by atoms with van der Waals surface area (Å²) in [6.45, 7) is 0.694. The number of aromatic nitrogens is 3. The van der Waals surface area contributed by atoms with Gasteiger partial charge in [-0.2, -0.15) is 4.39 Å². The molecule has 0 spiro atoms. The number of rotatable bonds is 6. The van der Waals surface area contributed by atoms with Gasteiger partial charge in [0.05, 0.1) is 0 Å². The molecule has 0 radical (unpaired) electrons. The maximum Gasteiger partial charge on any atom is 0.248 e. The first-order chi connectivity index (χ1) is 15.4. The fourth-order valence-corrected chi connectivity index (χ4v) is 3.55. The van der Waals surface area contributed by atoms with E-state index in [9.17, 15) is 9.18 Å². The van der Waals surface area contributed by atoms with Crippen LogP contribution in [-0.2, 0) is 11.8 Å². The number of benzene rings is 1. The number of hydrogen-bond donors (Lipinski definition) is 1. The smallest absolute Gasteiger partial charge is 0.248 e. The van der Waals surface area contributed by atoms with Gasteiger partial charge in [-0.15, -0.1) is 0 Å². The molecule has 162 valence electrons. The van der Waals surface area contributed by atoms with E-state index in [-0.39, 0.29) is 5.91 Å². The Hall–Kier alpha value is -3.84. The van der Waals surface area contributed by atoms with Crippen molar-refractivity contribution in [1.29, 1.82) is 0 Å². The third-order valence-electron chi connectivity index (χ3n) is 5.05. The van der Waals surface area contributed by atoms with Gasteiger partial charge in [-0.3, -0.25) is 4.79 Å². The van der Waals surface area contributed by atoms with E-state index >= 15 is 0 Å². The van der Waals surface area contributed by atoms with Crippen molar-refractivity contribution >= 4 is 22.6 Å². The number of likely N-dealkylation sites (N-methyl/N-ethyl adjacent to an activating group) is 1. The summed E-state index contributed by atoms with van der Waals surface area (Å²) in [4.78, 5) is 22.4. The molecule has 1 amide bonds. The molecule has 0 unspecified atom stereocenters. The Morgan fingerprint density at radius 3 is 2.75 bits per heavy atom. The van der Waals surface area contributed by atoms with Crippen LogP contribution in [0, 0.1) is 5.95 Å². The van der Waals surface area contributed by atoms with Crippen molar-refractivity contribution in [2.24, 2.45) is 7.05 Å².